The topological polar surface area (TPSA) is 12.0 Å². The van der Waals surface area contributed by atoms with Crippen LogP contribution in [0, 0.1) is 11.6 Å². The van der Waals surface area contributed by atoms with Gasteiger partial charge in [-0.25, -0.2) is 8.78 Å². The van der Waals surface area contributed by atoms with E-state index in [2.05, 4.69) is 5.32 Å². The van der Waals surface area contributed by atoms with Gasteiger partial charge in [-0.2, -0.15) is 0 Å². The van der Waals surface area contributed by atoms with Crippen LogP contribution in [0.3, 0.4) is 0 Å². The van der Waals surface area contributed by atoms with Crippen molar-refractivity contribution in [2.75, 3.05) is 12.4 Å². The van der Waals surface area contributed by atoms with Crippen LogP contribution < -0.4 is 5.32 Å². The van der Waals surface area contributed by atoms with Gasteiger partial charge in [0.2, 0.25) is 0 Å². The van der Waals surface area contributed by atoms with Crippen molar-refractivity contribution in [3.63, 3.8) is 0 Å². The summed E-state index contributed by atoms with van der Waals surface area (Å²) >= 11 is 0. The highest BCUT2D eigenvalue weighted by Crippen LogP contribution is 2.11. The highest BCUT2D eigenvalue weighted by molar-refractivity contribution is 5.42. The van der Waals surface area contributed by atoms with Gasteiger partial charge >= 0.3 is 0 Å². The lowest BCUT2D eigenvalue weighted by molar-refractivity contribution is 0.509. The Labute approximate surface area is 57.7 Å². The van der Waals surface area contributed by atoms with Crippen molar-refractivity contribution in [2.24, 2.45) is 0 Å². The smallest absolute Gasteiger partial charge is 0.160 e. The maximum absolute atomic E-state index is 12.4. The summed E-state index contributed by atoms with van der Waals surface area (Å²) in [6.45, 7) is 0. The summed E-state index contributed by atoms with van der Waals surface area (Å²) < 4.78 is 24.6. The predicted octanol–water partition coefficient (Wildman–Crippen LogP) is 2.01. The van der Waals surface area contributed by atoms with Crippen LogP contribution in [0.25, 0.3) is 0 Å². The van der Waals surface area contributed by atoms with E-state index in [0.29, 0.717) is 5.69 Å². The minimum Gasteiger partial charge on any atom is -0.388 e. The molecule has 54 valence electrons. The summed E-state index contributed by atoms with van der Waals surface area (Å²) in [4.78, 5) is 0. The molecule has 0 bridgehead atoms. The summed E-state index contributed by atoms with van der Waals surface area (Å²) in [6.07, 6.45) is 0. The Kier molecular flexibility index (Phi) is 1.85. The number of anilines is 1. The Bertz CT molecular complexity index is 235. The molecule has 0 fully saturated rings. The lowest BCUT2D eigenvalue weighted by atomic mass is 10.3. The molecule has 0 saturated heterocycles. The van der Waals surface area contributed by atoms with Crippen molar-refractivity contribution in [3.8, 4) is 0 Å². The van der Waals surface area contributed by atoms with E-state index in [0.717, 1.165) is 12.1 Å². The van der Waals surface area contributed by atoms with Gasteiger partial charge in [0.05, 0.1) is 0 Å². The zero-order valence-electron chi connectivity index (χ0n) is 5.49. The predicted molar refractivity (Wildman–Crippen MR) is 35.9 cm³/mol. The van der Waals surface area contributed by atoms with Crippen molar-refractivity contribution >= 4 is 5.69 Å². The minimum atomic E-state index is -0.827. The van der Waals surface area contributed by atoms with Crippen LogP contribution in [-0.4, -0.2) is 7.05 Å². The Morgan fingerprint density at radius 1 is 1.20 bits per heavy atom. The molecule has 0 aliphatic rings. The first-order valence-corrected chi connectivity index (χ1v) is 2.87. The molecule has 1 rings (SSSR count). The van der Waals surface area contributed by atoms with E-state index in [9.17, 15) is 8.78 Å². The zero-order valence-corrected chi connectivity index (χ0v) is 5.49. The third-order valence-electron chi connectivity index (χ3n) is 1.21. The number of rotatable bonds is 1. The van der Waals surface area contributed by atoms with Gasteiger partial charge in [-0.1, -0.05) is 0 Å². The number of nitrogens with one attached hydrogen (secondary N) is 1. The molecule has 0 aliphatic carbocycles. The van der Waals surface area contributed by atoms with Gasteiger partial charge in [0.15, 0.2) is 11.6 Å². The second-order valence-electron chi connectivity index (χ2n) is 1.88. The normalized spacial score (nSPS) is 9.50. The molecule has 3 heteroatoms. The Morgan fingerprint density at radius 3 is 2.40 bits per heavy atom. The average molecular weight is 143 g/mol. The number of hydrogen-bond acceptors (Lipinski definition) is 1. The van der Waals surface area contributed by atoms with Gasteiger partial charge in [-0.05, 0) is 18.2 Å². The monoisotopic (exact) mass is 143 g/mol. The van der Waals surface area contributed by atoms with E-state index in [-0.39, 0.29) is 0 Å². The Hall–Kier alpha value is -1.12. The molecular weight excluding hydrogens is 136 g/mol. The first-order chi connectivity index (χ1) is 4.74. The largest absolute Gasteiger partial charge is 0.388 e. The highest BCUT2D eigenvalue weighted by atomic mass is 19.2. The number of halogens is 2. The molecule has 0 heterocycles. The first kappa shape index (κ1) is 6.99. The van der Waals surface area contributed by atoms with E-state index in [4.69, 9.17) is 0 Å². The summed E-state index contributed by atoms with van der Waals surface area (Å²) in [5.74, 6) is -1.65. The first-order valence-electron chi connectivity index (χ1n) is 2.87. The molecule has 0 amide bonds. The molecule has 1 aromatic rings. The van der Waals surface area contributed by atoms with Crippen molar-refractivity contribution < 1.29 is 8.78 Å². The molecule has 0 unspecified atom stereocenters. The molecule has 0 saturated carbocycles. The van der Waals surface area contributed by atoms with E-state index in [1.807, 2.05) is 0 Å². The summed E-state index contributed by atoms with van der Waals surface area (Å²) in [5.41, 5.74) is 0.568. The maximum atomic E-state index is 12.4. The van der Waals surface area contributed by atoms with E-state index in [1.165, 1.54) is 6.07 Å². The Morgan fingerprint density at radius 2 is 1.90 bits per heavy atom. The molecule has 0 atom stereocenters. The summed E-state index contributed by atoms with van der Waals surface area (Å²) in [6, 6.07) is 3.66. The highest BCUT2D eigenvalue weighted by Gasteiger charge is 1.99. The van der Waals surface area contributed by atoms with Crippen LogP contribution in [0.15, 0.2) is 18.2 Å². The number of benzene rings is 1. The molecule has 0 aliphatic heterocycles. The van der Waals surface area contributed by atoms with Gasteiger partial charge in [-0.15, -0.1) is 0 Å². The molecule has 1 nitrogen and oxygen atoms in total. The quantitative estimate of drug-likeness (QED) is 0.634. The molecule has 0 aromatic heterocycles. The van der Waals surface area contributed by atoms with Crippen LogP contribution in [-0.2, 0) is 0 Å². The number of hydrogen-bond donors (Lipinski definition) is 1. The zero-order chi connectivity index (χ0) is 7.56. The van der Waals surface area contributed by atoms with Gasteiger partial charge in [0.25, 0.3) is 0 Å². The van der Waals surface area contributed by atoms with Crippen molar-refractivity contribution in [1.29, 1.82) is 0 Å². The van der Waals surface area contributed by atoms with Crippen LogP contribution in [0.4, 0.5) is 14.5 Å². The molecule has 1 aromatic carbocycles. The van der Waals surface area contributed by atoms with Gasteiger partial charge in [0.1, 0.15) is 0 Å². The van der Waals surface area contributed by atoms with Crippen LogP contribution in [0.2, 0.25) is 0 Å². The fourth-order valence-electron chi connectivity index (χ4n) is 0.652. The Balaban J connectivity index is 3.04. The fraction of sp³-hybridized carbons (Fsp3) is 0.143. The third-order valence-corrected chi connectivity index (χ3v) is 1.21. The molecule has 0 spiro atoms. The van der Waals surface area contributed by atoms with Gasteiger partial charge in [0, 0.05) is 12.7 Å². The van der Waals surface area contributed by atoms with Crippen LogP contribution in [0.1, 0.15) is 0 Å². The molecule has 0 radical (unpaired) electrons. The second kappa shape index (κ2) is 2.64. The standard InChI is InChI=1S/C7H7F2N/c1-10-5-2-3-6(8)7(9)4-5/h2-4,10H,1H3. The van der Waals surface area contributed by atoms with E-state index < -0.39 is 11.6 Å². The SMILES string of the molecule is CNc1ccc(F)c(F)c1. The lowest BCUT2D eigenvalue weighted by Gasteiger charge is -1.98. The van der Waals surface area contributed by atoms with Crippen molar-refractivity contribution in [1.82, 2.24) is 0 Å². The minimum absolute atomic E-state index is 0.568. The fourth-order valence-corrected chi connectivity index (χ4v) is 0.652. The molecule has 1 N–H and O–H groups in total. The van der Waals surface area contributed by atoms with Crippen molar-refractivity contribution in [2.45, 2.75) is 0 Å². The van der Waals surface area contributed by atoms with Gasteiger partial charge in [-0.3, -0.25) is 0 Å². The third kappa shape index (κ3) is 1.23. The van der Waals surface area contributed by atoms with Crippen LogP contribution >= 0.6 is 0 Å². The van der Waals surface area contributed by atoms with Crippen LogP contribution in [0.5, 0.6) is 0 Å². The maximum Gasteiger partial charge on any atom is 0.160 e. The summed E-state index contributed by atoms with van der Waals surface area (Å²) in [5, 5.41) is 2.69. The van der Waals surface area contributed by atoms with E-state index >= 15 is 0 Å². The molecular formula is C7H7F2N. The lowest BCUT2D eigenvalue weighted by Crippen LogP contribution is -1.90. The molecule has 10 heavy (non-hydrogen) atoms. The summed E-state index contributed by atoms with van der Waals surface area (Å²) in [7, 11) is 1.65. The van der Waals surface area contributed by atoms with Gasteiger partial charge < -0.3 is 5.32 Å². The van der Waals surface area contributed by atoms with E-state index in [1.54, 1.807) is 7.05 Å². The average Bonchev–Trinajstić information content (AvgIpc) is 1.95. The second-order valence-corrected chi connectivity index (χ2v) is 1.88. The van der Waals surface area contributed by atoms with Crippen molar-refractivity contribution in [3.05, 3.63) is 29.8 Å².